The first kappa shape index (κ1) is 106. The monoisotopic (exact) mass is 2010 g/mol. The highest BCUT2D eigenvalue weighted by Gasteiger charge is 2.38. The largest absolute Gasteiger partial charge is 0.395 e. The van der Waals surface area contributed by atoms with Crippen LogP contribution in [0.2, 0.25) is 15.1 Å². The molecule has 0 bridgehead atoms. The van der Waals surface area contributed by atoms with E-state index < -0.39 is 39.2 Å². The second-order valence-corrected chi connectivity index (χ2v) is 39.1. The number of aromatic nitrogens is 21. The predicted octanol–water partition coefficient (Wildman–Crippen LogP) is 12.3. The van der Waals surface area contributed by atoms with Crippen molar-refractivity contribution in [2.45, 2.75) is 187 Å². The van der Waals surface area contributed by atoms with E-state index >= 15 is 0 Å². The lowest BCUT2D eigenvalue weighted by Crippen LogP contribution is -2.25. The fourth-order valence-electron chi connectivity index (χ4n) is 14.9. The Balaban J connectivity index is 0.000000139. The van der Waals surface area contributed by atoms with E-state index in [-0.39, 0.29) is 48.3 Å². The summed E-state index contributed by atoms with van der Waals surface area (Å²) in [7, 11) is 0. The minimum absolute atomic E-state index is 0.0247. The van der Waals surface area contributed by atoms with E-state index in [0.717, 1.165) is 143 Å². The molecule has 742 valence electrons. The molecule has 15 aromatic heterocycles. The Kier molecular flexibility index (Phi) is 31.6. The Morgan fingerprint density at radius 1 is 0.363 bits per heavy atom. The number of allylic oxidation sites excluding steroid dienone is 3. The van der Waals surface area contributed by atoms with Gasteiger partial charge in [-0.3, -0.25) is 0 Å². The normalized spacial score (nSPS) is 13.0. The van der Waals surface area contributed by atoms with Crippen molar-refractivity contribution in [1.29, 1.82) is 0 Å². The third kappa shape index (κ3) is 28.1. The van der Waals surface area contributed by atoms with Crippen molar-refractivity contribution in [3.05, 3.63) is 265 Å². The number of rotatable bonds is 11. The average molecular weight is 2020 g/mol. The van der Waals surface area contributed by atoms with E-state index in [2.05, 4.69) is 191 Å². The quantitative estimate of drug-likeness (QED) is 0.0535. The molecule has 0 unspecified atom stereocenters. The smallest absolute Gasteiger partial charge is 0.220 e. The lowest BCUT2D eigenvalue weighted by atomic mass is 10.0. The summed E-state index contributed by atoms with van der Waals surface area (Å²) in [6.07, 6.45) is 35.8. The van der Waals surface area contributed by atoms with Crippen molar-refractivity contribution in [2.24, 2.45) is 0 Å². The maximum atomic E-state index is 10.2. The first-order chi connectivity index (χ1) is 68.8. The molecule has 4 aliphatic carbocycles. The van der Waals surface area contributed by atoms with Crippen molar-refractivity contribution in [3.8, 4) is 105 Å². The zero-order valence-electron chi connectivity index (χ0n) is 82.4. The molecular formula is C108H106Cl3N27O8. The molecule has 0 aliphatic heterocycles. The maximum absolute atomic E-state index is 10.2. The highest BCUT2D eigenvalue weighted by atomic mass is 35.5. The third-order valence-electron chi connectivity index (χ3n) is 21.7. The number of anilines is 6. The Morgan fingerprint density at radius 2 is 0.685 bits per heavy atom. The van der Waals surface area contributed by atoms with Gasteiger partial charge in [-0.05, 0) is 253 Å². The van der Waals surface area contributed by atoms with Gasteiger partial charge in [-0.2, -0.15) is 0 Å². The Bertz CT molecular complexity index is 7960. The van der Waals surface area contributed by atoms with Crippen molar-refractivity contribution in [2.75, 3.05) is 41.0 Å². The molecule has 38 heteroatoms. The zero-order chi connectivity index (χ0) is 105. The fourth-order valence-corrected chi connectivity index (χ4v) is 15.5. The number of nitrogens with zero attached hydrogens (tertiary/aromatic N) is 21. The number of aliphatic hydroxyl groups excluding tert-OH is 1. The van der Waals surface area contributed by atoms with Crippen LogP contribution in [-0.2, 0) is 32.4 Å². The van der Waals surface area contributed by atoms with E-state index in [1.54, 1.807) is 139 Å². The summed E-state index contributed by atoms with van der Waals surface area (Å²) in [5.41, 5.74) is 48.9. The zero-order valence-corrected chi connectivity index (χ0v) is 84.7. The SMILES string of the molecule is CC(C)(O)C#Cc1cc2c(-c3ccnc(N)n3)cn(CC(C)(C)O)c2cn1.CC(C)(O)C#Cc1cc2c(-c3nc(N)ncc3Cl)cn(CCO)c2cn1.CC(C)(O)C#Cc1cc2c(cn1)CC=C2c1ccnc(N)n1.CC(C)(O)C#Cc1cc2c(cn1)CC=C2c1nc(N)ncc1Cl.CC(C)n1cc(-c2nc(N)ncc2Cl)c2cc(C#CC(C)(C)O)ncc21.Nc1nccc(C2=CCc3cnc(C#CC4(O)CC4)cc32)n1. The molecule has 146 heavy (non-hydrogen) atoms. The molecule has 0 spiro atoms. The van der Waals surface area contributed by atoms with Crippen molar-refractivity contribution in [3.63, 3.8) is 0 Å². The van der Waals surface area contributed by atoms with E-state index in [9.17, 15) is 40.9 Å². The lowest BCUT2D eigenvalue weighted by molar-refractivity contribution is 0.0628. The van der Waals surface area contributed by atoms with Gasteiger partial charge in [0.25, 0.3) is 0 Å². The molecule has 4 aliphatic rings. The van der Waals surface area contributed by atoms with E-state index in [4.69, 9.17) is 69.2 Å². The first-order valence-electron chi connectivity index (χ1n) is 45.9. The number of hydrogen-bond acceptors (Lipinski definition) is 32. The molecule has 0 saturated heterocycles. The Labute approximate surface area is 857 Å². The lowest BCUT2D eigenvalue weighted by Gasteiger charge is -2.18. The summed E-state index contributed by atoms with van der Waals surface area (Å²) < 4.78 is 5.89. The maximum Gasteiger partial charge on any atom is 0.220 e. The molecule has 19 rings (SSSR count). The molecule has 15 heterocycles. The number of halogens is 3. The summed E-state index contributed by atoms with van der Waals surface area (Å²) in [6.45, 7) is 24.7. The van der Waals surface area contributed by atoms with Crippen LogP contribution in [0.4, 0.5) is 35.7 Å². The van der Waals surface area contributed by atoms with Crippen LogP contribution in [0, 0.1) is 71.0 Å². The van der Waals surface area contributed by atoms with Gasteiger partial charge in [0.05, 0.1) is 122 Å². The van der Waals surface area contributed by atoms with Crippen molar-refractivity contribution >= 4 is 120 Å². The molecule has 0 amide bonds. The van der Waals surface area contributed by atoms with Crippen LogP contribution < -0.4 is 34.4 Å². The minimum atomic E-state index is -1.12. The highest BCUT2D eigenvalue weighted by molar-refractivity contribution is 6.34. The van der Waals surface area contributed by atoms with E-state index in [1.165, 1.54) is 18.6 Å². The molecular weight excluding hydrogens is 1910 g/mol. The Hall–Kier alpha value is -16.1. The number of pyridine rings is 6. The van der Waals surface area contributed by atoms with Crippen LogP contribution in [0.3, 0.4) is 0 Å². The molecule has 0 atom stereocenters. The number of nitrogens with two attached hydrogens (primary N) is 6. The summed E-state index contributed by atoms with van der Waals surface area (Å²) in [4.78, 5) is 75.2. The number of hydrogen-bond donors (Lipinski definition) is 14. The van der Waals surface area contributed by atoms with Gasteiger partial charge in [-0.15, -0.1) is 0 Å². The first-order valence-corrected chi connectivity index (χ1v) is 47.0. The molecule has 0 aromatic carbocycles. The topological polar surface area (TPSA) is 565 Å². The van der Waals surface area contributed by atoms with Crippen molar-refractivity contribution in [1.82, 2.24) is 103 Å². The van der Waals surface area contributed by atoms with Gasteiger partial charge in [0.2, 0.25) is 35.7 Å². The molecule has 1 saturated carbocycles. The van der Waals surface area contributed by atoms with Crippen LogP contribution >= 0.6 is 34.8 Å². The summed E-state index contributed by atoms with van der Waals surface area (Å²) >= 11 is 18.8. The van der Waals surface area contributed by atoms with Gasteiger partial charge in [0.1, 0.15) is 67.8 Å². The van der Waals surface area contributed by atoms with Gasteiger partial charge < -0.3 is 89.0 Å². The van der Waals surface area contributed by atoms with Crippen LogP contribution in [0.1, 0.15) is 200 Å². The second-order valence-electron chi connectivity index (χ2n) is 37.9. The standard InChI is InChI=1S/C20H23N5O2.C19H20ClN5O.C18H18ClN5O2.C17H15ClN4O.C17H14N4O.C17H16N4O/c1-19(2,26)7-5-13-9-14-15(16-6-8-22-18(21)24-16)11-25(12-20(3,4)27)17(14)10-23-13;1-11(2)25-10-14(17-15(20)8-23-18(21)24-17)13-7-12(22-9-16(13)25)5-6-19(3,4)26;1-18(2,26)4-3-11-7-12-13(16-14(19)8-22-17(20)23-16)10-24(5-6-25)15(12)9-21-11;1-17(2,23)6-5-11-7-13-10(8-20-11)3-4-12(13)15-14(18)9-21-16(19)22-15;18-16-19-8-4-15(21-16)13-2-1-11-10-20-12(9-14(11)13)3-5-17(22)6-7-17;1-17(2,22)7-5-12-9-14-11(10-20-12)3-4-13(14)15-6-8-19-16(18)21-15/h6,8-11,26-27H,12H2,1-4H3,(H2,21,22,24);7-11,26H,1-4H3,(H2,21,23,24);7-10,25-26H,5-6H2,1-2H3,(H2,20,22,23);4,7-9,23H,3H2,1-2H3,(H2,19,21,22);2,4,8-10,22H,1,6-7H2,(H2,18,19,21);4,6,8-10,22H,3H2,1-2H3,(H2,18,19,21). The van der Waals surface area contributed by atoms with Gasteiger partial charge in [0, 0.05) is 118 Å². The molecule has 15 aromatic rings. The van der Waals surface area contributed by atoms with Crippen LogP contribution in [-0.4, -0.2) is 190 Å². The van der Waals surface area contributed by atoms with Gasteiger partial charge in [-0.1, -0.05) is 88.6 Å². The van der Waals surface area contributed by atoms with Gasteiger partial charge in [-0.25, -0.2) is 89.7 Å². The van der Waals surface area contributed by atoms with E-state index in [1.807, 2.05) is 88.7 Å². The number of nitrogen functional groups attached to an aromatic ring is 6. The third-order valence-corrected chi connectivity index (χ3v) is 22.5. The summed E-state index contributed by atoms with van der Waals surface area (Å²) in [5, 5.41) is 82.0. The molecule has 1 fully saturated rings. The van der Waals surface area contributed by atoms with Crippen LogP contribution in [0.25, 0.3) is 83.2 Å². The second kappa shape index (κ2) is 43.6. The summed E-state index contributed by atoms with van der Waals surface area (Å²) in [5.74, 6) is 35.3. The van der Waals surface area contributed by atoms with Gasteiger partial charge in [0.15, 0.2) is 0 Å². The number of aliphatic hydroxyl groups is 8. The average Bonchev–Trinajstić information content (AvgIpc) is 1.62. The van der Waals surface area contributed by atoms with E-state index in [0.29, 0.717) is 85.1 Å². The predicted molar refractivity (Wildman–Crippen MR) is 566 cm³/mol. The van der Waals surface area contributed by atoms with Crippen LogP contribution in [0.15, 0.2) is 166 Å². The minimum Gasteiger partial charge on any atom is -0.395 e. The van der Waals surface area contributed by atoms with Crippen molar-refractivity contribution < 1.29 is 40.9 Å². The number of fused-ring (bicyclic) bond motifs is 6. The molecule has 20 N–H and O–H groups in total. The molecule has 35 nitrogen and oxygen atoms in total. The van der Waals surface area contributed by atoms with Crippen LogP contribution in [0.5, 0.6) is 0 Å². The fraction of sp³-hybridized carbons (Fsp3) is 0.278. The highest BCUT2D eigenvalue weighted by Crippen LogP contribution is 2.42. The Morgan fingerprint density at radius 3 is 1.08 bits per heavy atom. The molecule has 0 radical (unpaired) electrons. The van der Waals surface area contributed by atoms with Gasteiger partial charge >= 0.3 is 0 Å². The summed E-state index contributed by atoms with van der Waals surface area (Å²) in [6, 6.07) is 16.9.